The van der Waals surface area contributed by atoms with Gasteiger partial charge >= 0.3 is 0 Å². The fraction of sp³-hybridized carbons (Fsp3) is 0.389. The highest BCUT2D eigenvalue weighted by Crippen LogP contribution is 2.35. The van der Waals surface area contributed by atoms with E-state index in [1.807, 2.05) is 12.2 Å². The molecule has 1 aromatic rings. The zero-order valence-corrected chi connectivity index (χ0v) is 14.5. The summed E-state index contributed by atoms with van der Waals surface area (Å²) in [6, 6.07) is 2.93. The van der Waals surface area contributed by atoms with E-state index in [-0.39, 0.29) is 23.2 Å². The molecule has 8 heteroatoms. The van der Waals surface area contributed by atoms with Gasteiger partial charge in [0.2, 0.25) is 17.7 Å². The predicted octanol–water partition coefficient (Wildman–Crippen LogP) is 2.10. The molecule has 0 unspecified atom stereocenters. The number of benzene rings is 1. The number of aryl methyl sites for hydroxylation is 1. The number of likely N-dealkylation sites (tertiary alicyclic amines) is 1. The molecule has 2 aliphatic rings. The second kappa shape index (κ2) is 6.70. The number of nitro groups is 1. The average molecular weight is 357 g/mol. The van der Waals surface area contributed by atoms with E-state index in [1.165, 1.54) is 6.07 Å². The molecule has 8 nitrogen and oxygen atoms in total. The summed E-state index contributed by atoms with van der Waals surface area (Å²) in [5, 5.41) is 13.7. The zero-order chi connectivity index (χ0) is 19.0. The number of nitrogens with one attached hydrogen (secondary N) is 1. The summed E-state index contributed by atoms with van der Waals surface area (Å²) in [6.45, 7) is 3.01. The molecule has 3 rings (SSSR count). The predicted molar refractivity (Wildman–Crippen MR) is 93.3 cm³/mol. The van der Waals surface area contributed by atoms with Crippen LogP contribution in [0.25, 0.3) is 0 Å². The van der Waals surface area contributed by atoms with E-state index in [0.29, 0.717) is 18.4 Å². The van der Waals surface area contributed by atoms with E-state index in [9.17, 15) is 24.5 Å². The number of hydrogen-bond acceptors (Lipinski definition) is 5. The fourth-order valence-corrected chi connectivity index (χ4v) is 3.46. The molecule has 1 aliphatic heterocycles. The van der Waals surface area contributed by atoms with Crippen molar-refractivity contribution in [3.8, 4) is 0 Å². The highest BCUT2D eigenvalue weighted by molar-refractivity contribution is 6.09. The van der Waals surface area contributed by atoms with Crippen LogP contribution < -0.4 is 5.32 Å². The van der Waals surface area contributed by atoms with Crippen LogP contribution in [0.5, 0.6) is 0 Å². The van der Waals surface area contributed by atoms with Crippen LogP contribution in [0.2, 0.25) is 0 Å². The number of imide groups is 1. The summed E-state index contributed by atoms with van der Waals surface area (Å²) in [6.07, 6.45) is 4.73. The third-order valence-corrected chi connectivity index (χ3v) is 5.08. The Bertz CT molecular complexity index is 819. The molecule has 1 saturated heterocycles. The molecular formula is C18H19N3O5. The van der Waals surface area contributed by atoms with E-state index in [4.69, 9.17) is 0 Å². The van der Waals surface area contributed by atoms with Crippen molar-refractivity contribution in [2.24, 2.45) is 11.8 Å². The molecule has 1 fully saturated rings. The van der Waals surface area contributed by atoms with E-state index in [1.54, 1.807) is 19.9 Å². The first-order valence-electron chi connectivity index (χ1n) is 8.36. The number of amides is 3. The Labute approximate surface area is 150 Å². The minimum Gasteiger partial charge on any atom is -0.319 e. The lowest BCUT2D eigenvalue weighted by atomic mass is 9.85. The molecule has 0 aromatic heterocycles. The third-order valence-electron chi connectivity index (χ3n) is 5.08. The van der Waals surface area contributed by atoms with E-state index in [2.05, 4.69) is 5.32 Å². The number of fused-ring (bicyclic) bond motifs is 1. The summed E-state index contributed by atoms with van der Waals surface area (Å²) in [7, 11) is 0. The summed E-state index contributed by atoms with van der Waals surface area (Å²) in [5.74, 6) is -2.15. The Morgan fingerprint density at radius 1 is 1.19 bits per heavy atom. The maximum absolute atomic E-state index is 12.4. The summed E-state index contributed by atoms with van der Waals surface area (Å²) in [4.78, 5) is 48.8. The van der Waals surface area contributed by atoms with Crippen LogP contribution in [0, 0.1) is 35.8 Å². The van der Waals surface area contributed by atoms with Crippen molar-refractivity contribution in [1.82, 2.24) is 4.90 Å². The first-order valence-corrected chi connectivity index (χ1v) is 8.36. The Balaban J connectivity index is 1.78. The van der Waals surface area contributed by atoms with Crippen LogP contribution in [0.4, 0.5) is 11.4 Å². The van der Waals surface area contributed by atoms with Gasteiger partial charge in [0.15, 0.2) is 0 Å². The summed E-state index contributed by atoms with van der Waals surface area (Å²) >= 11 is 0. The highest BCUT2D eigenvalue weighted by Gasteiger charge is 2.47. The van der Waals surface area contributed by atoms with Crippen LogP contribution >= 0.6 is 0 Å². The van der Waals surface area contributed by atoms with Crippen molar-refractivity contribution < 1.29 is 19.3 Å². The SMILES string of the molecule is Cc1ccc([N+](=O)[O-])c(NC(=O)CN2C(=O)[C@@H]3CC=CC[C@H]3C2=O)c1C. The monoisotopic (exact) mass is 357 g/mol. The molecule has 0 saturated carbocycles. The van der Waals surface area contributed by atoms with Gasteiger partial charge in [0.1, 0.15) is 12.2 Å². The largest absolute Gasteiger partial charge is 0.319 e. The smallest absolute Gasteiger partial charge is 0.293 e. The van der Waals surface area contributed by atoms with Gasteiger partial charge < -0.3 is 5.32 Å². The number of nitro benzene ring substituents is 1. The van der Waals surface area contributed by atoms with Crippen LogP contribution in [-0.4, -0.2) is 34.1 Å². The number of rotatable bonds is 4. The number of anilines is 1. The van der Waals surface area contributed by atoms with Crippen LogP contribution in [0.1, 0.15) is 24.0 Å². The first-order chi connectivity index (χ1) is 12.3. The molecule has 2 atom stereocenters. The van der Waals surface area contributed by atoms with Gasteiger partial charge in [0, 0.05) is 6.07 Å². The Morgan fingerprint density at radius 3 is 2.31 bits per heavy atom. The van der Waals surface area contributed by atoms with Crippen molar-refractivity contribution in [3.05, 3.63) is 45.5 Å². The molecule has 0 radical (unpaired) electrons. The lowest BCUT2D eigenvalue weighted by molar-refractivity contribution is -0.384. The molecular weight excluding hydrogens is 338 g/mol. The van der Waals surface area contributed by atoms with Gasteiger partial charge in [-0.05, 0) is 37.8 Å². The van der Waals surface area contributed by atoms with Gasteiger partial charge in [-0.1, -0.05) is 18.2 Å². The maximum atomic E-state index is 12.4. The molecule has 1 N–H and O–H groups in total. The van der Waals surface area contributed by atoms with Gasteiger partial charge in [-0.3, -0.25) is 29.4 Å². The van der Waals surface area contributed by atoms with E-state index in [0.717, 1.165) is 10.5 Å². The average Bonchev–Trinajstić information content (AvgIpc) is 2.84. The number of carbonyl (C=O) groups is 3. The standard InChI is InChI=1S/C18H19N3O5/c1-10-7-8-14(21(25)26)16(11(10)2)19-15(22)9-20-17(23)12-5-3-4-6-13(12)18(20)24/h3-4,7-8,12-13H,5-6,9H2,1-2H3,(H,19,22)/t12-,13-/m1/s1. The summed E-state index contributed by atoms with van der Waals surface area (Å²) < 4.78 is 0. The van der Waals surface area contributed by atoms with Crippen molar-refractivity contribution in [1.29, 1.82) is 0 Å². The molecule has 1 heterocycles. The minimum atomic E-state index is -0.630. The lowest BCUT2D eigenvalue weighted by Gasteiger charge is -2.16. The van der Waals surface area contributed by atoms with E-state index < -0.39 is 29.2 Å². The lowest BCUT2D eigenvalue weighted by Crippen LogP contribution is -2.38. The molecule has 26 heavy (non-hydrogen) atoms. The van der Waals surface area contributed by atoms with Crippen molar-refractivity contribution in [3.63, 3.8) is 0 Å². The number of hydrogen-bond donors (Lipinski definition) is 1. The molecule has 0 spiro atoms. The molecule has 1 aromatic carbocycles. The van der Waals surface area contributed by atoms with Crippen molar-refractivity contribution in [2.75, 3.05) is 11.9 Å². The van der Waals surface area contributed by atoms with Gasteiger partial charge in [0.25, 0.3) is 5.69 Å². The number of carbonyl (C=O) groups excluding carboxylic acids is 3. The van der Waals surface area contributed by atoms with Crippen LogP contribution in [0.3, 0.4) is 0 Å². The Morgan fingerprint density at radius 2 is 1.77 bits per heavy atom. The Kier molecular flexibility index (Phi) is 4.58. The van der Waals surface area contributed by atoms with Crippen molar-refractivity contribution >= 4 is 29.1 Å². The molecule has 1 aliphatic carbocycles. The van der Waals surface area contributed by atoms with Crippen molar-refractivity contribution in [2.45, 2.75) is 26.7 Å². The van der Waals surface area contributed by atoms with Crippen LogP contribution in [0.15, 0.2) is 24.3 Å². The molecule has 136 valence electrons. The summed E-state index contributed by atoms with van der Waals surface area (Å²) in [5.41, 5.74) is 1.23. The topological polar surface area (TPSA) is 110 Å². The molecule has 3 amide bonds. The Hall–Kier alpha value is -3.03. The normalized spacial score (nSPS) is 21.7. The van der Waals surface area contributed by atoms with Gasteiger partial charge in [-0.15, -0.1) is 0 Å². The number of nitrogens with zero attached hydrogens (tertiary/aromatic N) is 2. The fourth-order valence-electron chi connectivity index (χ4n) is 3.46. The minimum absolute atomic E-state index is 0.0955. The van der Waals surface area contributed by atoms with Gasteiger partial charge in [0.05, 0.1) is 16.8 Å². The van der Waals surface area contributed by atoms with E-state index >= 15 is 0 Å². The number of allylic oxidation sites excluding steroid dienone is 2. The van der Waals surface area contributed by atoms with Gasteiger partial charge in [-0.2, -0.15) is 0 Å². The molecule has 0 bridgehead atoms. The highest BCUT2D eigenvalue weighted by atomic mass is 16.6. The van der Waals surface area contributed by atoms with Crippen LogP contribution in [-0.2, 0) is 14.4 Å². The second-order valence-corrected chi connectivity index (χ2v) is 6.63. The zero-order valence-electron chi connectivity index (χ0n) is 14.5. The second-order valence-electron chi connectivity index (χ2n) is 6.63. The first kappa shape index (κ1) is 17.8. The van der Waals surface area contributed by atoms with Gasteiger partial charge in [-0.25, -0.2) is 0 Å². The third kappa shape index (κ3) is 2.98. The quantitative estimate of drug-likeness (QED) is 0.384. The maximum Gasteiger partial charge on any atom is 0.293 e.